The molecule has 0 aliphatic heterocycles. The van der Waals surface area contributed by atoms with E-state index in [1.807, 2.05) is 23.5 Å². The fraction of sp³-hybridized carbons (Fsp3) is 0.875. The zero-order valence-corrected chi connectivity index (χ0v) is 15.1. The van der Waals surface area contributed by atoms with Gasteiger partial charge in [-0.05, 0) is 35.2 Å². The van der Waals surface area contributed by atoms with Gasteiger partial charge in [0, 0.05) is 24.3 Å². The highest BCUT2D eigenvalue weighted by atomic mass is 32.2. The van der Waals surface area contributed by atoms with Crippen molar-refractivity contribution in [3.63, 3.8) is 0 Å². The molecule has 0 radical (unpaired) electrons. The molecule has 0 amide bonds. The minimum Gasteiger partial charge on any atom is -0.303 e. The van der Waals surface area contributed by atoms with E-state index in [2.05, 4.69) is 27.7 Å². The molecule has 4 heteroatoms. The van der Waals surface area contributed by atoms with Crippen molar-refractivity contribution < 1.29 is 9.59 Å². The Morgan fingerprint density at radius 2 is 1.05 bits per heavy atom. The average molecular weight is 319 g/mol. The van der Waals surface area contributed by atoms with E-state index < -0.39 is 0 Å². The minimum absolute atomic E-state index is 0.154. The smallest absolute Gasteiger partial charge is 0.120 e. The summed E-state index contributed by atoms with van der Waals surface area (Å²) in [5, 5.41) is 0. The van der Waals surface area contributed by atoms with Gasteiger partial charge in [-0.25, -0.2) is 0 Å². The number of carbonyl (C=O) groups is 2. The number of thioether (sulfide) groups is 2. The SMILES string of the molecule is CC(C)(CC=O)CCSCCSCCC(C)(C)CC=O. The van der Waals surface area contributed by atoms with Crippen LogP contribution in [0.15, 0.2) is 0 Å². The van der Waals surface area contributed by atoms with Crippen LogP contribution >= 0.6 is 23.5 Å². The molecule has 0 saturated heterocycles. The summed E-state index contributed by atoms with van der Waals surface area (Å²) in [5.74, 6) is 4.63. The van der Waals surface area contributed by atoms with Gasteiger partial charge in [-0.1, -0.05) is 27.7 Å². The summed E-state index contributed by atoms with van der Waals surface area (Å²) in [4.78, 5) is 21.0. The van der Waals surface area contributed by atoms with Gasteiger partial charge in [0.25, 0.3) is 0 Å². The molecule has 0 atom stereocenters. The van der Waals surface area contributed by atoms with E-state index in [9.17, 15) is 9.59 Å². The predicted octanol–water partition coefficient (Wildman–Crippen LogP) is 4.46. The molecule has 0 fully saturated rings. The van der Waals surface area contributed by atoms with Crippen LogP contribution < -0.4 is 0 Å². The van der Waals surface area contributed by atoms with Crippen LogP contribution in [-0.2, 0) is 9.59 Å². The molecule has 2 nitrogen and oxygen atoms in total. The monoisotopic (exact) mass is 318 g/mol. The molecule has 0 saturated carbocycles. The molecule has 0 heterocycles. The average Bonchev–Trinajstić information content (AvgIpc) is 2.32. The van der Waals surface area contributed by atoms with Crippen molar-refractivity contribution in [1.82, 2.24) is 0 Å². The molecule has 118 valence electrons. The maximum atomic E-state index is 10.5. The minimum atomic E-state index is 0.154. The molecule has 0 aromatic rings. The lowest BCUT2D eigenvalue weighted by Crippen LogP contribution is -2.13. The summed E-state index contributed by atoms with van der Waals surface area (Å²) in [5.41, 5.74) is 0.307. The van der Waals surface area contributed by atoms with Crippen molar-refractivity contribution in [2.75, 3.05) is 23.0 Å². The Morgan fingerprint density at radius 1 is 0.700 bits per heavy atom. The molecule has 0 aromatic heterocycles. The van der Waals surface area contributed by atoms with E-state index in [0.29, 0.717) is 12.8 Å². The van der Waals surface area contributed by atoms with Gasteiger partial charge in [0.05, 0.1) is 0 Å². The lowest BCUT2D eigenvalue weighted by molar-refractivity contribution is -0.110. The van der Waals surface area contributed by atoms with E-state index >= 15 is 0 Å². The van der Waals surface area contributed by atoms with E-state index in [0.717, 1.165) is 36.9 Å². The molecule has 0 spiro atoms. The molecule has 0 unspecified atom stereocenters. The molecule has 0 bridgehead atoms. The Hall–Kier alpha value is 0.0400. The van der Waals surface area contributed by atoms with Gasteiger partial charge in [0.1, 0.15) is 12.6 Å². The lowest BCUT2D eigenvalue weighted by atomic mass is 9.87. The van der Waals surface area contributed by atoms with Gasteiger partial charge in [-0.3, -0.25) is 0 Å². The Labute approximate surface area is 133 Å². The molecule has 0 aromatic carbocycles. The van der Waals surface area contributed by atoms with Gasteiger partial charge < -0.3 is 9.59 Å². The van der Waals surface area contributed by atoms with Gasteiger partial charge in [0.15, 0.2) is 0 Å². The van der Waals surface area contributed by atoms with E-state index in [-0.39, 0.29) is 10.8 Å². The number of carbonyl (C=O) groups excluding carboxylic acids is 2. The summed E-state index contributed by atoms with van der Waals surface area (Å²) in [6.07, 6.45) is 5.59. The van der Waals surface area contributed by atoms with Crippen molar-refractivity contribution in [2.45, 2.75) is 53.4 Å². The highest BCUT2D eigenvalue weighted by Crippen LogP contribution is 2.27. The largest absolute Gasteiger partial charge is 0.303 e. The highest BCUT2D eigenvalue weighted by Gasteiger charge is 2.17. The Kier molecular flexibility index (Phi) is 10.7. The summed E-state index contributed by atoms with van der Waals surface area (Å²) >= 11 is 3.96. The first-order valence-corrected chi connectivity index (χ1v) is 9.67. The van der Waals surface area contributed by atoms with E-state index in [4.69, 9.17) is 0 Å². The fourth-order valence-electron chi connectivity index (χ4n) is 1.67. The molecule has 0 aliphatic rings. The Morgan fingerprint density at radius 3 is 1.35 bits per heavy atom. The normalized spacial score (nSPS) is 12.4. The zero-order chi connectivity index (χ0) is 15.5. The van der Waals surface area contributed by atoms with Gasteiger partial charge in [0.2, 0.25) is 0 Å². The number of hydrogen-bond donors (Lipinski definition) is 0. The summed E-state index contributed by atoms with van der Waals surface area (Å²) in [7, 11) is 0. The summed E-state index contributed by atoms with van der Waals surface area (Å²) < 4.78 is 0. The first-order chi connectivity index (χ1) is 9.33. The second kappa shape index (κ2) is 10.7. The quantitative estimate of drug-likeness (QED) is 0.371. The first kappa shape index (κ1) is 20.0. The molecular formula is C16H30O2S2. The van der Waals surface area contributed by atoms with Crippen LogP contribution in [0.25, 0.3) is 0 Å². The Bertz CT molecular complexity index is 248. The molecular weight excluding hydrogens is 288 g/mol. The van der Waals surface area contributed by atoms with Crippen molar-refractivity contribution in [3.8, 4) is 0 Å². The number of hydrogen-bond acceptors (Lipinski definition) is 4. The number of aldehydes is 2. The fourth-order valence-corrected chi connectivity index (χ4v) is 4.42. The molecule has 20 heavy (non-hydrogen) atoms. The van der Waals surface area contributed by atoms with Crippen molar-refractivity contribution in [1.29, 1.82) is 0 Å². The van der Waals surface area contributed by atoms with Gasteiger partial charge in [-0.15, -0.1) is 0 Å². The standard InChI is InChI=1S/C16H30O2S2/c1-15(2,5-9-17)7-11-19-13-14-20-12-8-16(3,4)6-10-18/h9-10H,5-8,11-14H2,1-4H3. The van der Waals surface area contributed by atoms with Crippen LogP contribution in [0.3, 0.4) is 0 Å². The molecule has 0 N–H and O–H groups in total. The zero-order valence-electron chi connectivity index (χ0n) is 13.4. The summed E-state index contributed by atoms with van der Waals surface area (Å²) in [6, 6.07) is 0. The first-order valence-electron chi connectivity index (χ1n) is 7.36. The predicted molar refractivity (Wildman–Crippen MR) is 92.8 cm³/mol. The molecule has 0 aliphatic carbocycles. The third-order valence-electron chi connectivity index (χ3n) is 3.49. The van der Waals surface area contributed by atoms with Crippen molar-refractivity contribution >= 4 is 36.1 Å². The van der Waals surface area contributed by atoms with Crippen LogP contribution in [0.4, 0.5) is 0 Å². The summed E-state index contributed by atoms with van der Waals surface area (Å²) in [6.45, 7) is 8.63. The third-order valence-corrected chi connectivity index (χ3v) is 5.72. The van der Waals surface area contributed by atoms with Crippen molar-refractivity contribution in [2.24, 2.45) is 10.8 Å². The van der Waals surface area contributed by atoms with Crippen LogP contribution in [0.5, 0.6) is 0 Å². The maximum absolute atomic E-state index is 10.5. The maximum Gasteiger partial charge on any atom is 0.120 e. The van der Waals surface area contributed by atoms with E-state index in [1.165, 1.54) is 11.5 Å². The van der Waals surface area contributed by atoms with Crippen molar-refractivity contribution in [3.05, 3.63) is 0 Å². The van der Waals surface area contributed by atoms with Crippen LogP contribution in [0.1, 0.15) is 53.4 Å². The van der Waals surface area contributed by atoms with E-state index in [1.54, 1.807) is 0 Å². The third kappa shape index (κ3) is 11.8. The topological polar surface area (TPSA) is 34.1 Å². The van der Waals surface area contributed by atoms with Gasteiger partial charge >= 0.3 is 0 Å². The Balaban J connectivity index is 3.45. The second-order valence-electron chi connectivity index (χ2n) is 6.79. The van der Waals surface area contributed by atoms with Gasteiger partial charge in [-0.2, -0.15) is 23.5 Å². The second-order valence-corrected chi connectivity index (χ2v) is 9.24. The highest BCUT2D eigenvalue weighted by molar-refractivity contribution is 8.02. The number of rotatable bonds is 13. The van der Waals surface area contributed by atoms with Crippen LogP contribution in [0.2, 0.25) is 0 Å². The van der Waals surface area contributed by atoms with Crippen LogP contribution in [-0.4, -0.2) is 35.6 Å². The van der Waals surface area contributed by atoms with Crippen LogP contribution in [0, 0.1) is 10.8 Å². The lowest BCUT2D eigenvalue weighted by Gasteiger charge is -2.21. The molecule has 0 rings (SSSR count).